The first-order valence-corrected chi connectivity index (χ1v) is 12.1. The van der Waals surface area contributed by atoms with Gasteiger partial charge in [0.05, 0.1) is 29.0 Å². The summed E-state index contributed by atoms with van der Waals surface area (Å²) in [6, 6.07) is 10.6. The van der Waals surface area contributed by atoms with E-state index >= 15 is 0 Å². The van der Waals surface area contributed by atoms with Crippen molar-refractivity contribution in [3.63, 3.8) is 0 Å². The Bertz CT molecular complexity index is 1490. The Morgan fingerprint density at radius 3 is 2.84 bits per heavy atom. The largest absolute Gasteiger partial charge is 0.342 e. The number of amides is 2. The van der Waals surface area contributed by atoms with E-state index in [1.54, 1.807) is 48.7 Å². The predicted octanol–water partition coefficient (Wildman–Crippen LogP) is 4.58. The average molecular weight is 515 g/mol. The second-order valence-electron chi connectivity index (χ2n) is 8.35. The number of nitrogens with zero attached hydrogens (tertiary/aromatic N) is 5. The molecular weight excluding hydrogens is 492 g/mol. The van der Waals surface area contributed by atoms with Gasteiger partial charge in [0.1, 0.15) is 12.2 Å². The van der Waals surface area contributed by atoms with E-state index < -0.39 is 0 Å². The van der Waals surface area contributed by atoms with Gasteiger partial charge in [-0.05, 0) is 59.7 Å². The van der Waals surface area contributed by atoms with Crippen molar-refractivity contribution < 1.29 is 9.59 Å². The quantitative estimate of drug-likeness (QED) is 0.270. The fourth-order valence-electron chi connectivity index (χ4n) is 4.03. The van der Waals surface area contributed by atoms with Gasteiger partial charge in [0, 0.05) is 35.1 Å². The number of carbonyl (C=O) groups is 2. The van der Waals surface area contributed by atoms with Crippen molar-refractivity contribution in [3.8, 4) is 16.9 Å². The van der Waals surface area contributed by atoms with Crippen molar-refractivity contribution in [1.29, 1.82) is 0 Å². The minimum absolute atomic E-state index is 0.107. The molecule has 11 heteroatoms. The molecule has 186 valence electrons. The molecule has 10 nitrogen and oxygen atoms in total. The van der Waals surface area contributed by atoms with Gasteiger partial charge in [-0.15, -0.1) is 5.10 Å². The maximum atomic E-state index is 13.0. The summed E-state index contributed by atoms with van der Waals surface area (Å²) in [6.07, 6.45) is 12.9. The van der Waals surface area contributed by atoms with Crippen molar-refractivity contribution in [2.24, 2.45) is 0 Å². The second kappa shape index (κ2) is 11.0. The van der Waals surface area contributed by atoms with Gasteiger partial charge in [-0.1, -0.05) is 29.8 Å². The number of H-pyrrole nitrogens is 1. The molecule has 0 radical (unpaired) electrons. The molecule has 5 rings (SSSR count). The fraction of sp³-hybridized carbons (Fsp3) is 0.154. The molecule has 0 saturated heterocycles. The zero-order valence-corrected chi connectivity index (χ0v) is 20.4. The van der Waals surface area contributed by atoms with Gasteiger partial charge in [-0.3, -0.25) is 9.59 Å². The van der Waals surface area contributed by atoms with Gasteiger partial charge in [-0.2, -0.15) is 4.68 Å². The average Bonchev–Trinajstić information content (AvgIpc) is 3.58. The van der Waals surface area contributed by atoms with Crippen LogP contribution in [0.1, 0.15) is 30.7 Å². The lowest BCUT2D eigenvalue weighted by molar-refractivity contribution is -0.116. The molecule has 0 unspecified atom stereocenters. The van der Waals surface area contributed by atoms with Crippen molar-refractivity contribution in [3.05, 3.63) is 83.6 Å². The highest BCUT2D eigenvalue weighted by molar-refractivity contribution is 6.30. The van der Waals surface area contributed by atoms with Crippen molar-refractivity contribution in [1.82, 2.24) is 30.2 Å². The molecular formula is C26H23ClN8O2. The molecule has 0 atom stereocenters. The zero-order chi connectivity index (χ0) is 25.6. The molecule has 2 amide bonds. The summed E-state index contributed by atoms with van der Waals surface area (Å²) in [5, 5.41) is 17.7. The van der Waals surface area contributed by atoms with E-state index in [2.05, 4.69) is 42.2 Å². The minimum Gasteiger partial charge on any atom is -0.342 e. The number of tetrazole rings is 1. The Labute approximate surface area is 217 Å². The molecule has 1 aliphatic rings. The van der Waals surface area contributed by atoms with E-state index in [-0.39, 0.29) is 11.8 Å². The predicted molar refractivity (Wildman–Crippen MR) is 141 cm³/mol. The number of benzene rings is 2. The SMILES string of the molecule is O=C(C=Cc1cc(Cl)ccc1-n1cnnn1)Nc1cccc2c1-c1cnc([nH]1)CCC=CCCC(=O)N2. The van der Waals surface area contributed by atoms with Crippen LogP contribution in [-0.4, -0.2) is 42.0 Å². The highest BCUT2D eigenvalue weighted by Gasteiger charge is 2.17. The number of nitrogens with one attached hydrogen (secondary N) is 3. The lowest BCUT2D eigenvalue weighted by atomic mass is 10.1. The monoisotopic (exact) mass is 514 g/mol. The van der Waals surface area contributed by atoms with Crippen molar-refractivity contribution in [2.75, 3.05) is 10.6 Å². The van der Waals surface area contributed by atoms with E-state index in [4.69, 9.17) is 11.6 Å². The Balaban J connectivity index is 1.45. The number of allylic oxidation sites excluding steroid dienone is 2. The lowest BCUT2D eigenvalue weighted by Crippen LogP contribution is -2.14. The number of hydrogen-bond acceptors (Lipinski definition) is 6. The first kappa shape index (κ1) is 24.1. The summed E-state index contributed by atoms with van der Waals surface area (Å²) in [7, 11) is 0. The van der Waals surface area contributed by atoms with Crippen LogP contribution in [0.5, 0.6) is 0 Å². The third-order valence-electron chi connectivity index (χ3n) is 5.75. The van der Waals surface area contributed by atoms with Crippen LogP contribution in [0.2, 0.25) is 5.02 Å². The van der Waals surface area contributed by atoms with Gasteiger partial charge in [0.25, 0.3) is 0 Å². The van der Waals surface area contributed by atoms with Gasteiger partial charge >= 0.3 is 0 Å². The Morgan fingerprint density at radius 1 is 1.14 bits per heavy atom. The summed E-state index contributed by atoms with van der Waals surface area (Å²) in [6.45, 7) is 0. The lowest BCUT2D eigenvalue weighted by Gasteiger charge is -2.15. The number of imidazole rings is 1. The molecule has 2 aromatic carbocycles. The van der Waals surface area contributed by atoms with Crippen LogP contribution in [-0.2, 0) is 16.0 Å². The second-order valence-corrected chi connectivity index (χ2v) is 8.79. The topological polar surface area (TPSA) is 130 Å². The summed E-state index contributed by atoms with van der Waals surface area (Å²) in [4.78, 5) is 33.4. The fourth-order valence-corrected chi connectivity index (χ4v) is 4.21. The van der Waals surface area contributed by atoms with E-state index in [1.807, 2.05) is 6.08 Å². The zero-order valence-electron chi connectivity index (χ0n) is 19.7. The van der Waals surface area contributed by atoms with Gasteiger partial charge < -0.3 is 15.6 Å². The van der Waals surface area contributed by atoms with Gasteiger partial charge in [0.15, 0.2) is 0 Å². The molecule has 4 aromatic rings. The summed E-state index contributed by atoms with van der Waals surface area (Å²) < 4.78 is 1.49. The van der Waals surface area contributed by atoms with Crippen molar-refractivity contribution >= 4 is 40.9 Å². The van der Waals surface area contributed by atoms with E-state index in [1.165, 1.54) is 17.1 Å². The van der Waals surface area contributed by atoms with Crippen LogP contribution < -0.4 is 10.6 Å². The number of anilines is 2. The smallest absolute Gasteiger partial charge is 0.248 e. The number of carbonyl (C=O) groups excluding carboxylic acids is 2. The van der Waals surface area contributed by atoms with E-state index in [9.17, 15) is 9.59 Å². The normalized spacial score (nSPS) is 13.8. The molecule has 0 aliphatic carbocycles. The molecule has 37 heavy (non-hydrogen) atoms. The van der Waals surface area contributed by atoms with Gasteiger partial charge in [0.2, 0.25) is 11.8 Å². The number of aromatic amines is 1. The number of rotatable bonds is 4. The molecule has 0 saturated carbocycles. The number of aromatic nitrogens is 6. The first-order chi connectivity index (χ1) is 18.1. The molecule has 1 aliphatic heterocycles. The Kier molecular flexibility index (Phi) is 7.18. The highest BCUT2D eigenvalue weighted by atomic mass is 35.5. The Hall–Kier alpha value is -4.57. The van der Waals surface area contributed by atoms with Crippen LogP contribution >= 0.6 is 11.6 Å². The third-order valence-corrected chi connectivity index (χ3v) is 5.98. The van der Waals surface area contributed by atoms with Crippen LogP contribution in [0.4, 0.5) is 11.4 Å². The molecule has 3 heterocycles. The summed E-state index contributed by atoms with van der Waals surface area (Å²) in [5.41, 5.74) is 3.79. The number of halogens is 1. The minimum atomic E-state index is -0.366. The number of hydrogen-bond donors (Lipinski definition) is 3. The molecule has 2 bridgehead atoms. The van der Waals surface area contributed by atoms with Crippen LogP contribution in [0.25, 0.3) is 23.0 Å². The van der Waals surface area contributed by atoms with Crippen LogP contribution in [0.3, 0.4) is 0 Å². The number of fused-ring (bicyclic) bond motifs is 4. The first-order valence-electron chi connectivity index (χ1n) is 11.7. The summed E-state index contributed by atoms with van der Waals surface area (Å²) >= 11 is 6.18. The van der Waals surface area contributed by atoms with E-state index in [0.717, 1.165) is 18.7 Å². The van der Waals surface area contributed by atoms with Crippen molar-refractivity contribution in [2.45, 2.75) is 25.7 Å². The number of aryl methyl sites for hydroxylation is 1. The standard InChI is InChI=1S/C26H23ClN8O2/c27-18-11-12-22(35-16-29-33-34-35)17(14-18)10-13-25(37)32-20-7-5-6-19-26(20)21-15-28-23(30-21)8-3-1-2-4-9-24(36)31-19/h1-2,5-7,10-16H,3-4,8-9H2,(H,28,30)(H,31,36)(H,32,37). The summed E-state index contributed by atoms with van der Waals surface area (Å²) in [5.74, 6) is 0.354. The maximum Gasteiger partial charge on any atom is 0.248 e. The van der Waals surface area contributed by atoms with Crippen LogP contribution in [0.15, 0.2) is 67.2 Å². The molecule has 3 N–H and O–H groups in total. The maximum absolute atomic E-state index is 13.0. The Morgan fingerprint density at radius 2 is 2.00 bits per heavy atom. The third kappa shape index (κ3) is 5.81. The van der Waals surface area contributed by atoms with E-state index in [0.29, 0.717) is 51.7 Å². The molecule has 2 aromatic heterocycles. The molecule has 0 fully saturated rings. The highest BCUT2D eigenvalue weighted by Crippen LogP contribution is 2.35. The van der Waals surface area contributed by atoms with Crippen LogP contribution in [0, 0.1) is 0 Å². The molecule has 0 spiro atoms. The van der Waals surface area contributed by atoms with Gasteiger partial charge in [-0.25, -0.2) is 4.98 Å².